The summed E-state index contributed by atoms with van der Waals surface area (Å²) < 4.78 is 40.5. The molecule has 28 heavy (non-hydrogen) atoms. The Labute approximate surface area is 167 Å². The molecule has 0 amide bonds. The molecule has 0 heterocycles. The zero-order valence-electron chi connectivity index (χ0n) is 17.0. The van der Waals surface area contributed by atoms with Gasteiger partial charge in [-0.2, -0.15) is 0 Å². The monoisotopic (exact) mass is 390 g/mol. The molecular formula is C25H33F3. The fourth-order valence-corrected chi connectivity index (χ4v) is 6.32. The van der Waals surface area contributed by atoms with Crippen molar-refractivity contribution >= 4 is 5.57 Å². The van der Waals surface area contributed by atoms with Gasteiger partial charge >= 0.3 is 0 Å². The molecule has 1 aromatic rings. The maximum Gasteiger partial charge on any atom is 0.194 e. The van der Waals surface area contributed by atoms with Crippen LogP contribution in [0.3, 0.4) is 0 Å². The van der Waals surface area contributed by atoms with E-state index in [0.717, 1.165) is 48.3 Å². The van der Waals surface area contributed by atoms with Crippen LogP contribution in [-0.4, -0.2) is 0 Å². The highest BCUT2D eigenvalue weighted by Crippen LogP contribution is 2.48. The molecule has 2 fully saturated rings. The molecular weight excluding hydrogens is 357 g/mol. The van der Waals surface area contributed by atoms with E-state index in [4.69, 9.17) is 0 Å². The highest BCUT2D eigenvalue weighted by atomic mass is 19.2. The summed E-state index contributed by atoms with van der Waals surface area (Å²) in [7, 11) is 0. The molecule has 0 radical (unpaired) electrons. The molecule has 0 bridgehead atoms. The van der Waals surface area contributed by atoms with Crippen molar-refractivity contribution in [2.24, 2.45) is 29.6 Å². The molecule has 0 saturated heterocycles. The first-order valence-electron chi connectivity index (χ1n) is 11.4. The normalized spacial score (nSPS) is 33.3. The van der Waals surface area contributed by atoms with Crippen LogP contribution in [0.25, 0.3) is 5.57 Å². The summed E-state index contributed by atoms with van der Waals surface area (Å²) in [6.07, 6.45) is 16.4. The molecule has 3 aliphatic rings. The molecule has 0 aliphatic heterocycles. The third-order valence-electron chi connectivity index (χ3n) is 7.89. The highest BCUT2D eigenvalue weighted by Gasteiger charge is 2.36. The van der Waals surface area contributed by atoms with Gasteiger partial charge < -0.3 is 0 Å². The predicted octanol–water partition coefficient (Wildman–Crippen LogP) is 7.92. The number of halogens is 3. The van der Waals surface area contributed by atoms with E-state index in [0.29, 0.717) is 17.4 Å². The van der Waals surface area contributed by atoms with E-state index in [2.05, 4.69) is 13.0 Å². The number of hydrogen-bond acceptors (Lipinski definition) is 0. The van der Waals surface area contributed by atoms with Crippen molar-refractivity contribution < 1.29 is 13.2 Å². The van der Waals surface area contributed by atoms with Crippen molar-refractivity contribution in [2.75, 3.05) is 0 Å². The van der Waals surface area contributed by atoms with Crippen LogP contribution in [-0.2, 0) is 0 Å². The third-order valence-corrected chi connectivity index (χ3v) is 7.89. The van der Waals surface area contributed by atoms with Gasteiger partial charge in [0.15, 0.2) is 17.5 Å². The van der Waals surface area contributed by atoms with E-state index in [-0.39, 0.29) is 0 Å². The minimum Gasteiger partial charge on any atom is -0.204 e. The molecule has 0 N–H and O–H groups in total. The molecule has 2 saturated carbocycles. The van der Waals surface area contributed by atoms with Gasteiger partial charge in [0.1, 0.15) is 0 Å². The molecule has 0 nitrogen and oxygen atoms in total. The van der Waals surface area contributed by atoms with Crippen LogP contribution in [0.15, 0.2) is 18.2 Å². The highest BCUT2D eigenvalue weighted by molar-refractivity contribution is 5.66. The summed E-state index contributed by atoms with van der Waals surface area (Å²) in [6.45, 7) is 2.30. The van der Waals surface area contributed by atoms with E-state index < -0.39 is 17.5 Å². The van der Waals surface area contributed by atoms with Crippen LogP contribution in [0.4, 0.5) is 13.2 Å². The van der Waals surface area contributed by atoms with Gasteiger partial charge in [-0.1, -0.05) is 38.7 Å². The molecule has 3 atom stereocenters. The second-order valence-corrected chi connectivity index (χ2v) is 9.55. The van der Waals surface area contributed by atoms with E-state index >= 15 is 0 Å². The fourth-order valence-electron chi connectivity index (χ4n) is 6.32. The topological polar surface area (TPSA) is 0 Å². The molecule has 4 rings (SSSR count). The Hall–Kier alpha value is -1.25. The van der Waals surface area contributed by atoms with Crippen molar-refractivity contribution in [3.63, 3.8) is 0 Å². The minimum absolute atomic E-state index is 0.520. The van der Waals surface area contributed by atoms with Crippen LogP contribution >= 0.6 is 0 Å². The first-order valence-corrected chi connectivity index (χ1v) is 11.4. The van der Waals surface area contributed by atoms with Gasteiger partial charge in [0.2, 0.25) is 0 Å². The maximum atomic E-state index is 13.6. The first-order chi connectivity index (χ1) is 13.5. The SMILES string of the molecule is CCCC1CCC(C2CCC3C=C(c4cc(F)c(F)c(F)c4)CCC3C2)CC1. The van der Waals surface area contributed by atoms with Crippen LogP contribution in [0.1, 0.15) is 83.1 Å². The van der Waals surface area contributed by atoms with Crippen LogP contribution < -0.4 is 0 Å². The van der Waals surface area contributed by atoms with E-state index in [1.54, 1.807) is 0 Å². The molecule has 3 heteroatoms. The van der Waals surface area contributed by atoms with E-state index in [9.17, 15) is 13.2 Å². The Kier molecular flexibility index (Phi) is 6.18. The first kappa shape index (κ1) is 20.0. The lowest BCUT2D eigenvalue weighted by Gasteiger charge is -2.43. The fraction of sp³-hybridized carbons (Fsp3) is 0.680. The summed E-state index contributed by atoms with van der Waals surface area (Å²) in [6, 6.07) is 2.32. The summed E-state index contributed by atoms with van der Waals surface area (Å²) in [4.78, 5) is 0. The number of hydrogen-bond donors (Lipinski definition) is 0. The molecule has 0 aromatic heterocycles. The van der Waals surface area contributed by atoms with Gasteiger partial charge in [-0.25, -0.2) is 13.2 Å². The van der Waals surface area contributed by atoms with Crippen molar-refractivity contribution in [1.29, 1.82) is 0 Å². The molecule has 1 aromatic carbocycles. The second kappa shape index (κ2) is 8.63. The van der Waals surface area contributed by atoms with Crippen molar-refractivity contribution in [3.05, 3.63) is 41.2 Å². The van der Waals surface area contributed by atoms with Gasteiger partial charge in [-0.05, 0) is 97.8 Å². The lowest BCUT2D eigenvalue weighted by atomic mass is 9.63. The Balaban J connectivity index is 1.38. The van der Waals surface area contributed by atoms with Crippen molar-refractivity contribution in [3.8, 4) is 0 Å². The second-order valence-electron chi connectivity index (χ2n) is 9.55. The van der Waals surface area contributed by atoms with Gasteiger partial charge in [0.05, 0.1) is 0 Å². The minimum atomic E-state index is -1.37. The van der Waals surface area contributed by atoms with E-state index in [1.807, 2.05) is 0 Å². The maximum absolute atomic E-state index is 13.6. The predicted molar refractivity (Wildman–Crippen MR) is 108 cm³/mol. The Morgan fingerprint density at radius 3 is 2.18 bits per heavy atom. The smallest absolute Gasteiger partial charge is 0.194 e. The largest absolute Gasteiger partial charge is 0.204 e. The van der Waals surface area contributed by atoms with Crippen molar-refractivity contribution in [2.45, 2.75) is 77.6 Å². The Morgan fingerprint density at radius 1 is 0.821 bits per heavy atom. The summed E-state index contributed by atoms with van der Waals surface area (Å²) in [5, 5.41) is 0. The molecule has 0 spiro atoms. The van der Waals surface area contributed by atoms with E-state index in [1.165, 1.54) is 57.8 Å². The van der Waals surface area contributed by atoms with Gasteiger partial charge in [0, 0.05) is 0 Å². The quantitative estimate of drug-likeness (QED) is 0.458. The summed E-state index contributed by atoms with van der Waals surface area (Å²) in [5.74, 6) is 0.458. The number of benzene rings is 1. The molecule has 3 aliphatic carbocycles. The third kappa shape index (κ3) is 4.19. The van der Waals surface area contributed by atoms with Gasteiger partial charge in [-0.15, -0.1) is 0 Å². The molecule has 3 unspecified atom stereocenters. The summed E-state index contributed by atoms with van der Waals surface area (Å²) >= 11 is 0. The summed E-state index contributed by atoms with van der Waals surface area (Å²) in [5.41, 5.74) is 1.52. The van der Waals surface area contributed by atoms with Crippen molar-refractivity contribution in [1.82, 2.24) is 0 Å². The average molecular weight is 391 g/mol. The van der Waals surface area contributed by atoms with Crippen LogP contribution in [0.2, 0.25) is 0 Å². The number of fused-ring (bicyclic) bond motifs is 1. The van der Waals surface area contributed by atoms with Crippen LogP contribution in [0.5, 0.6) is 0 Å². The standard InChI is InChI=1S/C25H33F3/c1-2-3-16-4-6-17(7-5-16)18-8-9-20-13-21(11-10-19(20)12-18)22-14-23(26)25(28)24(27)15-22/h13-20H,2-12H2,1H3. The Morgan fingerprint density at radius 2 is 1.50 bits per heavy atom. The zero-order valence-corrected chi connectivity index (χ0v) is 17.0. The Bertz CT molecular complexity index is 691. The van der Waals surface area contributed by atoms with Gasteiger partial charge in [-0.3, -0.25) is 0 Å². The average Bonchev–Trinajstić information content (AvgIpc) is 2.71. The molecule has 154 valence electrons. The van der Waals surface area contributed by atoms with Crippen LogP contribution in [0, 0.1) is 47.0 Å². The number of allylic oxidation sites excluding steroid dienone is 2. The number of rotatable bonds is 4. The van der Waals surface area contributed by atoms with Gasteiger partial charge in [0.25, 0.3) is 0 Å². The lowest BCUT2D eigenvalue weighted by molar-refractivity contribution is 0.111. The lowest BCUT2D eigenvalue weighted by Crippen LogP contribution is -2.31. The zero-order chi connectivity index (χ0) is 19.7.